The predicted molar refractivity (Wildman–Crippen MR) is 65.8 cm³/mol. The van der Waals surface area contributed by atoms with E-state index in [2.05, 4.69) is 10.3 Å². The molecule has 0 bridgehead atoms. The van der Waals surface area contributed by atoms with Crippen molar-refractivity contribution in [2.75, 3.05) is 11.9 Å². The van der Waals surface area contributed by atoms with Gasteiger partial charge in [0.05, 0.1) is 11.8 Å². The number of hydrogen-bond donors (Lipinski definition) is 1. The Balaban J connectivity index is 1.89. The minimum absolute atomic E-state index is 0.166. The van der Waals surface area contributed by atoms with E-state index in [0.29, 0.717) is 5.88 Å². The number of pyridine rings is 1. The number of nitrogens with one attached hydrogen (secondary N) is 1. The quantitative estimate of drug-likeness (QED) is 0.800. The molecule has 1 aliphatic rings. The standard InChI is InChI=1S/C13H20N2O/c1-10(2)16-13-12(4-3-8-15-13)14-9-7-11-5-6-11/h3-4,8,10-11,14H,5-7,9H2,1-2H3. The molecule has 0 aliphatic heterocycles. The molecule has 0 spiro atoms. The van der Waals surface area contributed by atoms with E-state index in [1.54, 1.807) is 6.20 Å². The van der Waals surface area contributed by atoms with Gasteiger partial charge in [-0.05, 0) is 38.3 Å². The van der Waals surface area contributed by atoms with Gasteiger partial charge in [0.1, 0.15) is 0 Å². The van der Waals surface area contributed by atoms with Crippen LogP contribution >= 0.6 is 0 Å². The summed E-state index contributed by atoms with van der Waals surface area (Å²) in [5, 5.41) is 3.40. The third kappa shape index (κ3) is 3.40. The zero-order valence-corrected chi connectivity index (χ0v) is 10.1. The van der Waals surface area contributed by atoms with Crippen molar-refractivity contribution in [2.24, 2.45) is 5.92 Å². The summed E-state index contributed by atoms with van der Waals surface area (Å²) in [6.07, 6.45) is 6.01. The molecule has 0 radical (unpaired) electrons. The highest BCUT2D eigenvalue weighted by atomic mass is 16.5. The van der Waals surface area contributed by atoms with Gasteiger partial charge in [-0.1, -0.05) is 12.8 Å². The van der Waals surface area contributed by atoms with Crippen LogP contribution in [0.3, 0.4) is 0 Å². The van der Waals surface area contributed by atoms with Gasteiger partial charge in [0, 0.05) is 12.7 Å². The van der Waals surface area contributed by atoms with E-state index in [-0.39, 0.29) is 6.10 Å². The van der Waals surface area contributed by atoms with Gasteiger partial charge in [0.15, 0.2) is 0 Å². The number of aromatic nitrogens is 1. The molecule has 1 aromatic heterocycles. The van der Waals surface area contributed by atoms with Crippen LogP contribution in [0, 0.1) is 5.92 Å². The summed E-state index contributed by atoms with van der Waals surface area (Å²) in [6, 6.07) is 3.96. The van der Waals surface area contributed by atoms with Gasteiger partial charge in [-0.15, -0.1) is 0 Å². The van der Waals surface area contributed by atoms with Crippen LogP contribution in [-0.2, 0) is 0 Å². The van der Waals surface area contributed by atoms with Crippen molar-refractivity contribution < 1.29 is 4.74 Å². The van der Waals surface area contributed by atoms with Crippen molar-refractivity contribution in [3.05, 3.63) is 18.3 Å². The van der Waals surface area contributed by atoms with Gasteiger partial charge in [-0.3, -0.25) is 0 Å². The molecule has 0 amide bonds. The van der Waals surface area contributed by atoms with Crippen molar-refractivity contribution in [3.8, 4) is 5.88 Å². The lowest BCUT2D eigenvalue weighted by Gasteiger charge is -2.13. The molecule has 16 heavy (non-hydrogen) atoms. The Labute approximate surface area is 97.2 Å². The minimum atomic E-state index is 0.166. The van der Waals surface area contributed by atoms with Gasteiger partial charge in [-0.25, -0.2) is 4.98 Å². The maximum absolute atomic E-state index is 5.64. The van der Waals surface area contributed by atoms with E-state index >= 15 is 0 Å². The maximum atomic E-state index is 5.64. The van der Waals surface area contributed by atoms with Crippen molar-refractivity contribution >= 4 is 5.69 Å². The summed E-state index contributed by atoms with van der Waals surface area (Å²) in [7, 11) is 0. The molecule has 1 aliphatic carbocycles. The van der Waals surface area contributed by atoms with Crippen LogP contribution in [0.2, 0.25) is 0 Å². The third-order valence-corrected chi connectivity index (χ3v) is 2.68. The minimum Gasteiger partial charge on any atom is -0.473 e. The van der Waals surface area contributed by atoms with Crippen molar-refractivity contribution in [3.63, 3.8) is 0 Å². The van der Waals surface area contributed by atoms with E-state index in [0.717, 1.165) is 18.2 Å². The fourth-order valence-electron chi connectivity index (χ4n) is 1.66. The maximum Gasteiger partial charge on any atom is 0.237 e. The average molecular weight is 220 g/mol. The summed E-state index contributed by atoms with van der Waals surface area (Å²) < 4.78 is 5.64. The fraction of sp³-hybridized carbons (Fsp3) is 0.615. The lowest BCUT2D eigenvalue weighted by atomic mass is 10.3. The van der Waals surface area contributed by atoms with E-state index in [1.807, 2.05) is 26.0 Å². The Morgan fingerprint density at radius 2 is 2.31 bits per heavy atom. The number of nitrogens with zero attached hydrogens (tertiary/aromatic N) is 1. The second-order valence-corrected chi connectivity index (χ2v) is 4.68. The Bertz CT molecular complexity index is 334. The number of rotatable bonds is 6. The van der Waals surface area contributed by atoms with E-state index in [4.69, 9.17) is 4.74 Å². The highest BCUT2D eigenvalue weighted by molar-refractivity contribution is 5.51. The van der Waals surface area contributed by atoms with Crippen LogP contribution in [0.4, 0.5) is 5.69 Å². The smallest absolute Gasteiger partial charge is 0.237 e. The first-order valence-electron chi connectivity index (χ1n) is 6.11. The van der Waals surface area contributed by atoms with Gasteiger partial charge < -0.3 is 10.1 Å². The molecule has 1 heterocycles. The first-order chi connectivity index (χ1) is 7.75. The van der Waals surface area contributed by atoms with Crippen LogP contribution in [-0.4, -0.2) is 17.6 Å². The van der Waals surface area contributed by atoms with Crippen LogP contribution in [0.5, 0.6) is 5.88 Å². The zero-order valence-electron chi connectivity index (χ0n) is 10.1. The molecule has 0 saturated heterocycles. The molecule has 0 atom stereocenters. The number of hydrogen-bond acceptors (Lipinski definition) is 3. The lowest BCUT2D eigenvalue weighted by Crippen LogP contribution is -2.10. The molecular formula is C13H20N2O. The Morgan fingerprint density at radius 3 is 3.00 bits per heavy atom. The summed E-state index contributed by atoms with van der Waals surface area (Å²) in [6.45, 7) is 5.05. The first-order valence-corrected chi connectivity index (χ1v) is 6.11. The SMILES string of the molecule is CC(C)Oc1ncccc1NCCC1CC1. The molecule has 0 unspecified atom stereocenters. The van der Waals surface area contributed by atoms with Gasteiger partial charge in [0.25, 0.3) is 0 Å². The molecule has 3 heteroatoms. The molecule has 88 valence electrons. The number of anilines is 1. The highest BCUT2D eigenvalue weighted by Gasteiger charge is 2.20. The normalized spacial score (nSPS) is 15.2. The topological polar surface area (TPSA) is 34.1 Å². The van der Waals surface area contributed by atoms with Gasteiger partial charge >= 0.3 is 0 Å². The molecule has 0 aromatic carbocycles. The first kappa shape index (κ1) is 11.2. The highest BCUT2D eigenvalue weighted by Crippen LogP contribution is 2.32. The summed E-state index contributed by atoms with van der Waals surface area (Å²) in [5.41, 5.74) is 1.01. The van der Waals surface area contributed by atoms with Crippen LogP contribution < -0.4 is 10.1 Å². The lowest BCUT2D eigenvalue weighted by molar-refractivity contribution is 0.234. The largest absolute Gasteiger partial charge is 0.473 e. The Morgan fingerprint density at radius 1 is 1.50 bits per heavy atom. The van der Waals surface area contributed by atoms with Crippen molar-refractivity contribution in [1.82, 2.24) is 4.98 Å². The van der Waals surface area contributed by atoms with Gasteiger partial charge in [0.2, 0.25) is 5.88 Å². The van der Waals surface area contributed by atoms with E-state index in [1.165, 1.54) is 19.3 Å². The van der Waals surface area contributed by atoms with Gasteiger partial charge in [-0.2, -0.15) is 0 Å². The fourth-order valence-corrected chi connectivity index (χ4v) is 1.66. The molecular weight excluding hydrogens is 200 g/mol. The molecule has 1 fully saturated rings. The summed E-state index contributed by atoms with van der Waals surface area (Å²) in [4.78, 5) is 4.25. The molecule has 3 nitrogen and oxygen atoms in total. The Hall–Kier alpha value is -1.25. The van der Waals surface area contributed by atoms with Crippen molar-refractivity contribution in [1.29, 1.82) is 0 Å². The van der Waals surface area contributed by atoms with Crippen LogP contribution in [0.1, 0.15) is 33.1 Å². The molecule has 1 saturated carbocycles. The van der Waals surface area contributed by atoms with Crippen LogP contribution in [0.25, 0.3) is 0 Å². The predicted octanol–water partition coefficient (Wildman–Crippen LogP) is 3.08. The summed E-state index contributed by atoms with van der Waals surface area (Å²) in [5.74, 6) is 1.67. The second kappa shape index (κ2) is 5.19. The van der Waals surface area contributed by atoms with Crippen LogP contribution in [0.15, 0.2) is 18.3 Å². The monoisotopic (exact) mass is 220 g/mol. The molecule has 1 aromatic rings. The zero-order chi connectivity index (χ0) is 11.4. The van der Waals surface area contributed by atoms with E-state index < -0.39 is 0 Å². The molecule has 1 N–H and O–H groups in total. The van der Waals surface area contributed by atoms with E-state index in [9.17, 15) is 0 Å². The third-order valence-electron chi connectivity index (χ3n) is 2.68. The van der Waals surface area contributed by atoms with Crippen molar-refractivity contribution in [2.45, 2.75) is 39.2 Å². The second-order valence-electron chi connectivity index (χ2n) is 4.68. The summed E-state index contributed by atoms with van der Waals surface area (Å²) >= 11 is 0. The number of ether oxygens (including phenoxy) is 1. The average Bonchev–Trinajstić information content (AvgIpc) is 3.04. The Kier molecular flexibility index (Phi) is 3.65. The molecule has 2 rings (SSSR count).